The van der Waals surface area contributed by atoms with E-state index >= 15 is 0 Å². The lowest BCUT2D eigenvalue weighted by Gasteiger charge is -2.40. The molecule has 1 aliphatic rings. The van der Waals surface area contributed by atoms with E-state index in [1.165, 1.54) is 180 Å². The summed E-state index contributed by atoms with van der Waals surface area (Å²) in [5.74, 6) is -0.200. The van der Waals surface area contributed by atoms with Crippen molar-refractivity contribution in [1.82, 2.24) is 5.32 Å². The van der Waals surface area contributed by atoms with Gasteiger partial charge in [-0.05, 0) is 19.3 Å². The Hall–Kier alpha value is -1.07. The maximum atomic E-state index is 12.6. The molecule has 0 radical (unpaired) electrons. The second-order valence-electron chi connectivity index (χ2n) is 17.6. The fourth-order valence-electron chi connectivity index (χ4n) is 8.10. The molecule has 0 spiro atoms. The fraction of sp³-hybridized carbons (Fsp3) is 0.939. The Balaban J connectivity index is 2.00. The Morgan fingerprint density at radius 2 is 0.948 bits per heavy atom. The second kappa shape index (κ2) is 40.0. The first-order valence-electron chi connectivity index (χ1n) is 24.9. The van der Waals surface area contributed by atoms with Crippen molar-refractivity contribution in [2.75, 3.05) is 13.2 Å². The zero-order valence-electron chi connectivity index (χ0n) is 37.8. The van der Waals surface area contributed by atoms with Crippen LogP contribution in [0.4, 0.5) is 0 Å². The number of aliphatic hydroxyl groups is 5. The standard InChI is InChI=1S/C49H95NO8/c1-3-5-7-8-9-10-11-12-13-14-15-16-17-18-19-20-21-22-23-24-25-26-27-28-29-30-31-32-33-34-35-37-38-43(52)42(50-45(53)39-36-6-4-2)41-57-49-48(56)47(55)46(54)44(40-51)58-49/h37-38,42-44,46-49,51-52,54-56H,3-36,39-41H2,1-2H3,(H,50,53)/b38-37+. The number of ether oxygens (including phenoxy) is 2. The van der Waals surface area contributed by atoms with Crippen LogP contribution in [-0.2, 0) is 14.3 Å². The molecule has 9 heteroatoms. The lowest BCUT2D eigenvalue weighted by atomic mass is 9.99. The Kier molecular flexibility index (Phi) is 37.9. The molecular weight excluding hydrogens is 731 g/mol. The molecule has 1 aliphatic heterocycles. The molecule has 1 heterocycles. The minimum absolute atomic E-state index is 0.187. The van der Waals surface area contributed by atoms with Crippen molar-refractivity contribution in [2.45, 2.75) is 281 Å². The van der Waals surface area contributed by atoms with Crippen molar-refractivity contribution < 1.29 is 39.8 Å². The Bertz CT molecular complexity index is 919. The molecule has 58 heavy (non-hydrogen) atoms. The molecule has 7 unspecified atom stereocenters. The zero-order valence-corrected chi connectivity index (χ0v) is 37.8. The van der Waals surface area contributed by atoms with Gasteiger partial charge in [-0.25, -0.2) is 0 Å². The number of hydrogen-bond donors (Lipinski definition) is 6. The molecule has 1 saturated heterocycles. The minimum atomic E-state index is -1.56. The maximum absolute atomic E-state index is 12.6. The van der Waals surface area contributed by atoms with E-state index in [2.05, 4.69) is 19.2 Å². The summed E-state index contributed by atoms with van der Waals surface area (Å²) in [5, 5.41) is 53.6. The van der Waals surface area contributed by atoms with Gasteiger partial charge in [0, 0.05) is 6.42 Å². The van der Waals surface area contributed by atoms with Crippen LogP contribution in [0.15, 0.2) is 12.2 Å². The van der Waals surface area contributed by atoms with Crippen molar-refractivity contribution in [3.05, 3.63) is 12.2 Å². The summed E-state index contributed by atoms with van der Waals surface area (Å²) in [5.41, 5.74) is 0. The quantitative estimate of drug-likeness (QED) is 0.0263. The lowest BCUT2D eigenvalue weighted by molar-refractivity contribution is -0.302. The van der Waals surface area contributed by atoms with Crippen molar-refractivity contribution in [3.63, 3.8) is 0 Å². The molecule has 0 aromatic heterocycles. The van der Waals surface area contributed by atoms with Gasteiger partial charge in [-0.2, -0.15) is 0 Å². The molecule has 344 valence electrons. The van der Waals surface area contributed by atoms with Gasteiger partial charge in [0.05, 0.1) is 25.4 Å². The van der Waals surface area contributed by atoms with Crippen molar-refractivity contribution in [3.8, 4) is 0 Å². The Morgan fingerprint density at radius 3 is 1.34 bits per heavy atom. The predicted octanol–water partition coefficient (Wildman–Crippen LogP) is 10.9. The highest BCUT2D eigenvalue weighted by Gasteiger charge is 2.44. The van der Waals surface area contributed by atoms with Gasteiger partial charge in [0.25, 0.3) is 0 Å². The monoisotopic (exact) mass is 826 g/mol. The van der Waals surface area contributed by atoms with Crippen LogP contribution in [0.25, 0.3) is 0 Å². The summed E-state index contributed by atoms with van der Waals surface area (Å²) in [4.78, 5) is 12.6. The smallest absolute Gasteiger partial charge is 0.220 e. The average Bonchev–Trinajstić information content (AvgIpc) is 3.22. The number of allylic oxidation sites excluding steroid dienone is 1. The number of rotatable bonds is 42. The molecule has 1 fully saturated rings. The number of nitrogens with one attached hydrogen (secondary N) is 1. The average molecular weight is 826 g/mol. The predicted molar refractivity (Wildman–Crippen MR) is 240 cm³/mol. The summed E-state index contributed by atoms with van der Waals surface area (Å²) >= 11 is 0. The SMILES string of the molecule is CCCCCCCCCCCCCCCCCCCCCCCCCCCCCCCC/C=C/C(O)C(COC1OC(CO)C(O)C(O)C1O)NC(=O)CCCCC. The summed E-state index contributed by atoms with van der Waals surface area (Å²) in [7, 11) is 0. The van der Waals surface area contributed by atoms with Crippen LogP contribution in [0.3, 0.4) is 0 Å². The molecule has 0 aliphatic carbocycles. The molecule has 0 saturated carbocycles. The summed E-state index contributed by atoms with van der Waals surface area (Å²) in [6, 6.07) is -0.795. The Labute approximate surface area is 356 Å². The topological polar surface area (TPSA) is 149 Å². The normalized spacial score (nSPS) is 20.8. The first kappa shape index (κ1) is 54.9. The number of aliphatic hydroxyl groups excluding tert-OH is 5. The van der Waals surface area contributed by atoms with Crippen LogP contribution in [0.2, 0.25) is 0 Å². The van der Waals surface area contributed by atoms with Crippen LogP contribution in [-0.4, -0.2) is 87.5 Å². The van der Waals surface area contributed by atoms with Gasteiger partial charge in [0.2, 0.25) is 5.91 Å². The summed E-state index contributed by atoms with van der Waals surface area (Å²) in [6.07, 6.45) is 41.1. The molecule has 0 aromatic rings. The minimum Gasteiger partial charge on any atom is -0.394 e. The number of amides is 1. The maximum Gasteiger partial charge on any atom is 0.220 e. The van der Waals surface area contributed by atoms with Gasteiger partial charge in [-0.3, -0.25) is 4.79 Å². The Morgan fingerprint density at radius 1 is 0.569 bits per heavy atom. The second-order valence-corrected chi connectivity index (χ2v) is 17.6. The highest BCUT2D eigenvalue weighted by molar-refractivity contribution is 5.76. The molecule has 1 amide bonds. The van der Waals surface area contributed by atoms with E-state index in [9.17, 15) is 30.3 Å². The third-order valence-corrected chi connectivity index (χ3v) is 12.1. The van der Waals surface area contributed by atoms with Crippen molar-refractivity contribution >= 4 is 5.91 Å². The lowest BCUT2D eigenvalue weighted by Crippen LogP contribution is -2.60. The number of carbonyl (C=O) groups is 1. The van der Waals surface area contributed by atoms with E-state index in [0.717, 1.165) is 38.5 Å². The summed E-state index contributed by atoms with van der Waals surface area (Å²) in [6.45, 7) is 3.61. The third-order valence-electron chi connectivity index (χ3n) is 12.1. The molecule has 7 atom stereocenters. The highest BCUT2D eigenvalue weighted by atomic mass is 16.7. The molecule has 6 N–H and O–H groups in total. The van der Waals surface area contributed by atoms with Crippen LogP contribution >= 0.6 is 0 Å². The first-order chi connectivity index (χ1) is 28.3. The third kappa shape index (κ3) is 30.0. The van der Waals surface area contributed by atoms with E-state index in [1.54, 1.807) is 6.08 Å². The van der Waals surface area contributed by atoms with Gasteiger partial charge in [-0.15, -0.1) is 0 Å². The van der Waals surface area contributed by atoms with Crippen LogP contribution in [0.5, 0.6) is 0 Å². The van der Waals surface area contributed by atoms with Gasteiger partial charge >= 0.3 is 0 Å². The van der Waals surface area contributed by atoms with Gasteiger partial charge in [0.1, 0.15) is 24.4 Å². The number of hydrogen-bond acceptors (Lipinski definition) is 8. The van der Waals surface area contributed by atoms with Gasteiger partial charge in [-0.1, -0.05) is 225 Å². The highest BCUT2D eigenvalue weighted by Crippen LogP contribution is 2.23. The molecular formula is C49H95NO8. The van der Waals surface area contributed by atoms with E-state index in [-0.39, 0.29) is 12.5 Å². The molecule has 0 aromatic carbocycles. The van der Waals surface area contributed by atoms with E-state index in [4.69, 9.17) is 9.47 Å². The van der Waals surface area contributed by atoms with Crippen LogP contribution in [0.1, 0.15) is 239 Å². The van der Waals surface area contributed by atoms with Crippen LogP contribution in [0, 0.1) is 0 Å². The van der Waals surface area contributed by atoms with E-state index in [0.29, 0.717) is 6.42 Å². The zero-order chi connectivity index (χ0) is 42.3. The molecule has 0 bridgehead atoms. The fourth-order valence-corrected chi connectivity index (χ4v) is 8.10. The van der Waals surface area contributed by atoms with Crippen molar-refractivity contribution in [1.29, 1.82) is 0 Å². The van der Waals surface area contributed by atoms with E-state index in [1.807, 2.05) is 6.08 Å². The molecule has 1 rings (SSSR count). The summed E-state index contributed by atoms with van der Waals surface area (Å²) < 4.78 is 11.1. The van der Waals surface area contributed by atoms with E-state index < -0.39 is 49.5 Å². The van der Waals surface area contributed by atoms with Gasteiger partial charge < -0.3 is 40.3 Å². The van der Waals surface area contributed by atoms with Gasteiger partial charge in [0.15, 0.2) is 6.29 Å². The van der Waals surface area contributed by atoms with Crippen molar-refractivity contribution in [2.24, 2.45) is 0 Å². The number of carbonyl (C=O) groups excluding carboxylic acids is 1. The van der Waals surface area contributed by atoms with Crippen LogP contribution < -0.4 is 5.32 Å². The largest absolute Gasteiger partial charge is 0.394 e. The first-order valence-corrected chi connectivity index (χ1v) is 24.9. The number of unbranched alkanes of at least 4 members (excludes halogenated alkanes) is 32. The molecule has 9 nitrogen and oxygen atoms in total.